The molecule has 0 bridgehead atoms. The lowest BCUT2D eigenvalue weighted by Crippen LogP contribution is -2.37. The topological polar surface area (TPSA) is 54.4 Å². The van der Waals surface area contributed by atoms with Crippen molar-refractivity contribution >= 4 is 11.6 Å². The summed E-state index contributed by atoms with van der Waals surface area (Å²) < 4.78 is 0. The van der Waals surface area contributed by atoms with Gasteiger partial charge in [0, 0.05) is 6.42 Å². The number of aliphatic hydroxyl groups is 1. The molecule has 1 atom stereocenters. The van der Waals surface area contributed by atoms with Crippen LogP contribution in [0, 0.1) is 5.41 Å². The van der Waals surface area contributed by atoms with Crippen molar-refractivity contribution in [1.29, 1.82) is 0 Å². The van der Waals surface area contributed by atoms with Crippen molar-refractivity contribution in [2.75, 3.05) is 6.61 Å². The van der Waals surface area contributed by atoms with Crippen molar-refractivity contribution < 1.29 is 14.7 Å². The smallest absolute Gasteiger partial charge is 0.148 e. The van der Waals surface area contributed by atoms with Gasteiger partial charge >= 0.3 is 0 Å². The van der Waals surface area contributed by atoms with E-state index < -0.39 is 5.41 Å². The maximum absolute atomic E-state index is 11.2. The van der Waals surface area contributed by atoms with Gasteiger partial charge in [-0.15, -0.1) is 0 Å². The Morgan fingerprint density at radius 3 is 2.55 bits per heavy atom. The molecule has 1 fully saturated rings. The standard InChI is InChI=1S/C8H12O3/c1-6(10)8(5-9)4-2-3-7(8)11/h9H,2-5H2,1H3. The van der Waals surface area contributed by atoms with E-state index >= 15 is 0 Å². The summed E-state index contributed by atoms with van der Waals surface area (Å²) >= 11 is 0. The average Bonchev–Trinajstić information content (AvgIpc) is 2.32. The van der Waals surface area contributed by atoms with Crippen LogP contribution in [-0.4, -0.2) is 23.3 Å². The lowest BCUT2D eigenvalue weighted by atomic mass is 9.82. The Labute approximate surface area is 65.4 Å². The summed E-state index contributed by atoms with van der Waals surface area (Å²) in [7, 11) is 0. The fourth-order valence-electron chi connectivity index (χ4n) is 1.58. The summed E-state index contributed by atoms with van der Waals surface area (Å²) in [5.41, 5.74) is -1.03. The Balaban J connectivity index is 2.91. The molecule has 1 rings (SSSR count). The van der Waals surface area contributed by atoms with Crippen LogP contribution < -0.4 is 0 Å². The molecule has 0 aromatic rings. The number of rotatable bonds is 2. The largest absolute Gasteiger partial charge is 0.395 e. The minimum atomic E-state index is -1.03. The van der Waals surface area contributed by atoms with E-state index in [1.807, 2.05) is 0 Å². The SMILES string of the molecule is CC(=O)C1(CO)CCCC1=O. The van der Waals surface area contributed by atoms with Gasteiger partial charge in [0.15, 0.2) is 0 Å². The van der Waals surface area contributed by atoms with Gasteiger partial charge in [-0.1, -0.05) is 0 Å². The summed E-state index contributed by atoms with van der Waals surface area (Å²) in [6.45, 7) is 1.06. The molecule has 1 aliphatic carbocycles. The molecule has 0 spiro atoms. The third-order valence-corrected chi connectivity index (χ3v) is 2.48. The van der Waals surface area contributed by atoms with E-state index in [9.17, 15) is 9.59 Å². The number of carbonyl (C=O) groups excluding carboxylic acids is 2. The summed E-state index contributed by atoms with van der Waals surface area (Å²) in [4.78, 5) is 22.2. The van der Waals surface area contributed by atoms with Gasteiger partial charge in [-0.05, 0) is 19.8 Å². The first-order chi connectivity index (χ1) is 5.13. The molecule has 0 heterocycles. The van der Waals surface area contributed by atoms with Gasteiger partial charge in [-0.25, -0.2) is 0 Å². The third-order valence-electron chi connectivity index (χ3n) is 2.48. The van der Waals surface area contributed by atoms with Gasteiger partial charge in [-0.3, -0.25) is 9.59 Å². The van der Waals surface area contributed by atoms with E-state index in [0.29, 0.717) is 12.8 Å². The van der Waals surface area contributed by atoms with Crippen LogP contribution in [0.2, 0.25) is 0 Å². The van der Waals surface area contributed by atoms with Gasteiger partial charge in [0.1, 0.15) is 17.0 Å². The molecule has 0 saturated heterocycles. The van der Waals surface area contributed by atoms with Crippen molar-refractivity contribution in [3.8, 4) is 0 Å². The van der Waals surface area contributed by atoms with E-state index in [-0.39, 0.29) is 18.2 Å². The van der Waals surface area contributed by atoms with Gasteiger partial charge in [-0.2, -0.15) is 0 Å². The number of hydrogen-bond acceptors (Lipinski definition) is 3. The predicted molar refractivity (Wildman–Crippen MR) is 39.1 cm³/mol. The summed E-state index contributed by atoms with van der Waals surface area (Å²) in [6.07, 6.45) is 1.71. The normalized spacial score (nSPS) is 30.9. The number of hydrogen-bond donors (Lipinski definition) is 1. The summed E-state index contributed by atoms with van der Waals surface area (Å²) in [5, 5.41) is 8.92. The zero-order valence-electron chi connectivity index (χ0n) is 6.59. The second-order valence-electron chi connectivity index (χ2n) is 3.07. The molecule has 0 radical (unpaired) electrons. The van der Waals surface area contributed by atoms with E-state index in [2.05, 4.69) is 0 Å². The van der Waals surface area contributed by atoms with E-state index in [1.165, 1.54) is 6.92 Å². The molecular formula is C8H12O3. The first-order valence-electron chi connectivity index (χ1n) is 3.79. The van der Waals surface area contributed by atoms with Crippen LogP contribution in [0.1, 0.15) is 26.2 Å². The molecule has 62 valence electrons. The molecular weight excluding hydrogens is 144 g/mol. The number of carbonyl (C=O) groups is 2. The molecule has 3 nitrogen and oxygen atoms in total. The highest BCUT2D eigenvalue weighted by Crippen LogP contribution is 2.34. The van der Waals surface area contributed by atoms with Crippen LogP contribution in [0.25, 0.3) is 0 Å². The Kier molecular flexibility index (Phi) is 2.09. The molecule has 0 aliphatic heterocycles. The predicted octanol–water partition coefficient (Wildman–Crippen LogP) is 0.307. The van der Waals surface area contributed by atoms with E-state index in [4.69, 9.17) is 5.11 Å². The Morgan fingerprint density at radius 1 is 1.73 bits per heavy atom. The van der Waals surface area contributed by atoms with Crippen LogP contribution in [-0.2, 0) is 9.59 Å². The lowest BCUT2D eigenvalue weighted by Gasteiger charge is -2.20. The molecule has 0 aromatic carbocycles. The maximum Gasteiger partial charge on any atom is 0.148 e. The van der Waals surface area contributed by atoms with Crippen LogP contribution >= 0.6 is 0 Å². The molecule has 1 saturated carbocycles. The number of aliphatic hydroxyl groups excluding tert-OH is 1. The Morgan fingerprint density at radius 2 is 2.36 bits per heavy atom. The molecule has 11 heavy (non-hydrogen) atoms. The average molecular weight is 156 g/mol. The highest BCUT2D eigenvalue weighted by molar-refractivity contribution is 6.07. The maximum atomic E-state index is 11.2. The van der Waals surface area contributed by atoms with Gasteiger partial charge in [0.05, 0.1) is 6.61 Å². The molecule has 3 heteroatoms. The van der Waals surface area contributed by atoms with Crippen LogP contribution in [0.4, 0.5) is 0 Å². The highest BCUT2D eigenvalue weighted by Gasteiger charge is 2.45. The van der Waals surface area contributed by atoms with Gasteiger partial charge in [0.2, 0.25) is 0 Å². The highest BCUT2D eigenvalue weighted by atomic mass is 16.3. The first kappa shape index (κ1) is 8.40. The van der Waals surface area contributed by atoms with Crippen LogP contribution in [0.15, 0.2) is 0 Å². The molecule has 0 amide bonds. The third kappa shape index (κ3) is 1.09. The fourth-order valence-corrected chi connectivity index (χ4v) is 1.58. The quantitative estimate of drug-likeness (QED) is 0.585. The van der Waals surface area contributed by atoms with Crippen LogP contribution in [0.5, 0.6) is 0 Å². The van der Waals surface area contributed by atoms with E-state index in [0.717, 1.165) is 6.42 Å². The Bertz CT molecular complexity index is 198. The minimum Gasteiger partial charge on any atom is -0.395 e. The summed E-state index contributed by atoms with van der Waals surface area (Å²) in [6, 6.07) is 0. The number of Topliss-reactive ketones (excluding diaryl/α,β-unsaturated/α-hetero) is 2. The van der Waals surface area contributed by atoms with Crippen LogP contribution in [0.3, 0.4) is 0 Å². The monoisotopic (exact) mass is 156 g/mol. The van der Waals surface area contributed by atoms with Crippen molar-refractivity contribution in [2.45, 2.75) is 26.2 Å². The van der Waals surface area contributed by atoms with Crippen molar-refractivity contribution in [2.24, 2.45) is 5.41 Å². The molecule has 0 aromatic heterocycles. The zero-order valence-corrected chi connectivity index (χ0v) is 6.59. The molecule has 1 N–H and O–H groups in total. The van der Waals surface area contributed by atoms with E-state index in [1.54, 1.807) is 0 Å². The van der Waals surface area contributed by atoms with Gasteiger partial charge < -0.3 is 5.11 Å². The molecule has 1 unspecified atom stereocenters. The zero-order chi connectivity index (χ0) is 8.48. The fraction of sp³-hybridized carbons (Fsp3) is 0.750. The van der Waals surface area contributed by atoms with Crippen molar-refractivity contribution in [3.63, 3.8) is 0 Å². The Hall–Kier alpha value is -0.700. The van der Waals surface area contributed by atoms with Crippen molar-refractivity contribution in [3.05, 3.63) is 0 Å². The van der Waals surface area contributed by atoms with Crippen molar-refractivity contribution in [1.82, 2.24) is 0 Å². The minimum absolute atomic E-state index is 0.0903. The summed E-state index contributed by atoms with van der Waals surface area (Å²) in [5.74, 6) is -0.282. The molecule has 1 aliphatic rings. The second-order valence-corrected chi connectivity index (χ2v) is 3.07. The first-order valence-corrected chi connectivity index (χ1v) is 3.79. The second kappa shape index (κ2) is 2.74. The van der Waals surface area contributed by atoms with Gasteiger partial charge in [0.25, 0.3) is 0 Å². The lowest BCUT2D eigenvalue weighted by molar-refractivity contribution is -0.139. The number of ketones is 2.